The number of likely N-dealkylation sites (tertiary alicyclic amines) is 1. The van der Waals surface area contributed by atoms with Crippen LogP contribution in [-0.4, -0.2) is 75.6 Å². The molecule has 1 heterocycles. The van der Waals surface area contributed by atoms with Crippen molar-refractivity contribution < 1.29 is 28.5 Å². The van der Waals surface area contributed by atoms with E-state index in [1.54, 1.807) is 0 Å². The summed E-state index contributed by atoms with van der Waals surface area (Å²) in [4.78, 5) is 15.5. The second kappa shape index (κ2) is 57.2. The second-order valence-electron chi connectivity index (χ2n) is 21.7. The molecule has 72 heavy (non-hydrogen) atoms. The van der Waals surface area contributed by atoms with Gasteiger partial charge in [0.1, 0.15) is 6.10 Å². The highest BCUT2D eigenvalue weighted by molar-refractivity contribution is 5.69. The highest BCUT2D eigenvalue weighted by atomic mass is 16.7. The Bertz CT molecular complexity index is 1140. The molecule has 0 aromatic carbocycles. The predicted octanol–water partition coefficient (Wildman–Crippen LogP) is 19.8. The molecular formula is C65H123NO6. The second-order valence-corrected chi connectivity index (χ2v) is 21.7. The van der Waals surface area contributed by atoms with Crippen LogP contribution in [0.5, 0.6) is 0 Å². The molecule has 0 aromatic heterocycles. The number of unbranched alkanes of at least 4 members (excludes halogenated alkanes) is 30. The molecule has 1 saturated heterocycles. The Balaban J connectivity index is 2.43. The van der Waals surface area contributed by atoms with Crippen LogP contribution in [0, 0.1) is 0 Å². The normalized spacial score (nSPS) is 14.3. The molecule has 1 aliphatic rings. The van der Waals surface area contributed by atoms with Crippen LogP contribution in [0.15, 0.2) is 36.5 Å². The maximum atomic E-state index is 13.0. The summed E-state index contributed by atoms with van der Waals surface area (Å²) in [6.45, 7) is 15.3. The maximum absolute atomic E-state index is 13.0. The van der Waals surface area contributed by atoms with Crippen molar-refractivity contribution in [2.45, 2.75) is 329 Å². The van der Waals surface area contributed by atoms with Crippen LogP contribution in [0.4, 0.5) is 0 Å². The quantitative estimate of drug-likeness (QED) is 0.0260. The molecule has 0 aliphatic carbocycles. The van der Waals surface area contributed by atoms with E-state index in [1.807, 2.05) is 0 Å². The standard InChI is InChI=1S/C65H123NO6/c1-5-9-13-17-27-35-45-58-68-64(69-59-46-36-28-18-14-10-6-2)53-41-33-25-21-23-31-39-50-62(72-63(67)52-49-57-66-55-43-44-56-66)51-40-32-24-22-26-34-42-54-65(70-60-47-37-29-19-15-11-7-3)71-61-48-38-30-20-16-12-8-4/h35-37,45-47,62,64-65H,5-34,38-44,48-61H2,1-4H3/b45-35-,46-36-,47-37-. The number of nitrogens with zero attached hydrogens (tertiary/aromatic N) is 1. The Hall–Kier alpha value is -1.51. The molecule has 7 heteroatoms. The van der Waals surface area contributed by atoms with Gasteiger partial charge >= 0.3 is 5.97 Å². The summed E-state index contributed by atoms with van der Waals surface area (Å²) >= 11 is 0. The van der Waals surface area contributed by atoms with E-state index in [0.29, 0.717) is 26.2 Å². The zero-order valence-corrected chi connectivity index (χ0v) is 48.7. The average molecular weight is 1010 g/mol. The van der Waals surface area contributed by atoms with Gasteiger partial charge in [0, 0.05) is 13.0 Å². The van der Waals surface area contributed by atoms with E-state index >= 15 is 0 Å². The van der Waals surface area contributed by atoms with Crippen LogP contribution in [0.25, 0.3) is 0 Å². The monoisotopic (exact) mass is 1010 g/mol. The van der Waals surface area contributed by atoms with Crippen molar-refractivity contribution in [3.63, 3.8) is 0 Å². The maximum Gasteiger partial charge on any atom is 0.306 e. The summed E-state index contributed by atoms with van der Waals surface area (Å²) in [6.07, 6.45) is 66.7. The van der Waals surface area contributed by atoms with Gasteiger partial charge in [-0.3, -0.25) is 4.79 Å². The van der Waals surface area contributed by atoms with Crippen molar-refractivity contribution in [1.82, 2.24) is 4.90 Å². The van der Waals surface area contributed by atoms with E-state index in [1.165, 1.54) is 206 Å². The fourth-order valence-electron chi connectivity index (χ4n) is 9.91. The first-order valence-electron chi connectivity index (χ1n) is 32.0. The molecule has 0 saturated carbocycles. The highest BCUT2D eigenvalue weighted by Crippen LogP contribution is 2.20. The lowest BCUT2D eigenvalue weighted by Crippen LogP contribution is -2.23. The van der Waals surface area contributed by atoms with Crippen molar-refractivity contribution in [1.29, 1.82) is 0 Å². The molecular weight excluding hydrogens is 891 g/mol. The largest absolute Gasteiger partial charge is 0.462 e. The van der Waals surface area contributed by atoms with Crippen LogP contribution >= 0.6 is 0 Å². The van der Waals surface area contributed by atoms with E-state index < -0.39 is 0 Å². The minimum Gasteiger partial charge on any atom is -0.462 e. The van der Waals surface area contributed by atoms with Gasteiger partial charge in [0.15, 0.2) is 12.6 Å². The van der Waals surface area contributed by atoms with Gasteiger partial charge < -0.3 is 28.6 Å². The summed E-state index contributed by atoms with van der Waals surface area (Å²) in [5.74, 6) is 0.0226. The zero-order chi connectivity index (χ0) is 51.7. The van der Waals surface area contributed by atoms with Crippen LogP contribution in [0.1, 0.15) is 310 Å². The Morgan fingerprint density at radius 2 is 0.736 bits per heavy atom. The van der Waals surface area contributed by atoms with Gasteiger partial charge in [-0.15, -0.1) is 0 Å². The van der Waals surface area contributed by atoms with E-state index in [9.17, 15) is 4.79 Å². The third-order valence-electron chi connectivity index (χ3n) is 14.6. The first kappa shape index (κ1) is 68.5. The average Bonchev–Trinajstić information content (AvgIpc) is 3.91. The highest BCUT2D eigenvalue weighted by Gasteiger charge is 2.17. The molecule has 0 aromatic rings. The Kier molecular flexibility index (Phi) is 54.4. The van der Waals surface area contributed by atoms with Gasteiger partial charge in [-0.05, 0) is 135 Å². The number of rotatable bonds is 58. The minimum absolute atomic E-state index is 0.0226. The molecule has 424 valence electrons. The van der Waals surface area contributed by atoms with Crippen LogP contribution in [0.3, 0.4) is 0 Å². The van der Waals surface area contributed by atoms with Crippen molar-refractivity contribution >= 4 is 5.97 Å². The Morgan fingerprint density at radius 3 is 1.15 bits per heavy atom. The summed E-state index contributed by atoms with van der Waals surface area (Å²) in [5.41, 5.74) is 0. The molecule has 2 atom stereocenters. The first-order valence-corrected chi connectivity index (χ1v) is 32.0. The molecule has 7 nitrogen and oxygen atoms in total. The van der Waals surface area contributed by atoms with Crippen molar-refractivity contribution in [2.24, 2.45) is 0 Å². The number of allylic oxidation sites excluding steroid dienone is 3. The summed E-state index contributed by atoms with van der Waals surface area (Å²) in [7, 11) is 0. The Labute approximate surface area is 449 Å². The summed E-state index contributed by atoms with van der Waals surface area (Å²) in [6, 6.07) is 0. The van der Waals surface area contributed by atoms with Crippen LogP contribution in [0.2, 0.25) is 0 Å². The lowest BCUT2D eigenvalue weighted by Gasteiger charge is -2.19. The van der Waals surface area contributed by atoms with E-state index in [-0.39, 0.29) is 24.7 Å². The number of esters is 1. The van der Waals surface area contributed by atoms with Crippen LogP contribution in [-0.2, 0) is 28.5 Å². The zero-order valence-electron chi connectivity index (χ0n) is 48.7. The third kappa shape index (κ3) is 49.4. The fourth-order valence-corrected chi connectivity index (χ4v) is 9.91. The molecule has 0 spiro atoms. The van der Waals surface area contributed by atoms with Crippen molar-refractivity contribution in [3.8, 4) is 0 Å². The van der Waals surface area contributed by atoms with Gasteiger partial charge in [-0.2, -0.15) is 0 Å². The lowest BCUT2D eigenvalue weighted by molar-refractivity contribution is -0.150. The molecule has 0 radical (unpaired) electrons. The summed E-state index contributed by atoms with van der Waals surface area (Å²) < 4.78 is 31.2. The van der Waals surface area contributed by atoms with Gasteiger partial charge in [0.2, 0.25) is 0 Å². The first-order chi connectivity index (χ1) is 35.6. The molecule has 2 unspecified atom stereocenters. The van der Waals surface area contributed by atoms with Gasteiger partial charge in [0.05, 0.1) is 19.8 Å². The number of hydrogen-bond donors (Lipinski definition) is 0. The molecule has 1 fully saturated rings. The number of carbonyl (C=O) groups is 1. The van der Waals surface area contributed by atoms with Crippen LogP contribution < -0.4 is 0 Å². The fraction of sp³-hybridized carbons (Fsp3) is 0.892. The van der Waals surface area contributed by atoms with Gasteiger partial charge in [-0.25, -0.2) is 0 Å². The number of ether oxygens (including phenoxy) is 5. The lowest BCUT2D eigenvalue weighted by atomic mass is 10.0. The predicted molar refractivity (Wildman–Crippen MR) is 311 cm³/mol. The Morgan fingerprint density at radius 1 is 0.389 bits per heavy atom. The van der Waals surface area contributed by atoms with E-state index in [2.05, 4.69) is 69.1 Å². The summed E-state index contributed by atoms with van der Waals surface area (Å²) in [5, 5.41) is 0. The molecule has 1 aliphatic heterocycles. The van der Waals surface area contributed by atoms with E-state index in [0.717, 1.165) is 96.6 Å². The van der Waals surface area contributed by atoms with Gasteiger partial charge in [0.25, 0.3) is 0 Å². The smallest absolute Gasteiger partial charge is 0.306 e. The van der Waals surface area contributed by atoms with Gasteiger partial charge in [-0.1, -0.05) is 225 Å². The SMILES string of the molecule is CCCCCC/C=C\COC(CCCCCCCCCC(CCCCCCCCCC(OC/C=C\CCCCCC)OCCCCCCCCC)OC(=O)CCCN1CCCC1)OC/C=C\CCCCCC. The van der Waals surface area contributed by atoms with E-state index in [4.69, 9.17) is 23.7 Å². The molecule has 0 N–H and O–H groups in total. The number of carbonyl (C=O) groups excluding carboxylic acids is 1. The minimum atomic E-state index is -0.130. The molecule has 1 rings (SSSR count). The van der Waals surface area contributed by atoms with Crippen molar-refractivity contribution in [3.05, 3.63) is 36.5 Å². The van der Waals surface area contributed by atoms with Crippen molar-refractivity contribution in [2.75, 3.05) is 46.1 Å². The number of hydrogen-bond acceptors (Lipinski definition) is 7. The molecule has 0 amide bonds. The topological polar surface area (TPSA) is 66.5 Å². The third-order valence-corrected chi connectivity index (χ3v) is 14.6. The molecule has 0 bridgehead atoms.